The first-order valence-electron chi connectivity index (χ1n) is 12.0. The lowest BCUT2D eigenvalue weighted by Gasteiger charge is -2.36. The van der Waals surface area contributed by atoms with Gasteiger partial charge in [0, 0.05) is 32.3 Å². The fourth-order valence-electron chi connectivity index (χ4n) is 4.57. The molecule has 0 radical (unpaired) electrons. The molecule has 0 bridgehead atoms. The monoisotopic (exact) mass is 530 g/mol. The van der Waals surface area contributed by atoms with Crippen LogP contribution in [0.15, 0.2) is 28.0 Å². The number of aromatic nitrogens is 2. The molecule has 4 rings (SSSR count). The number of amides is 1. The molecule has 0 spiro atoms. The number of aryl methyl sites for hydroxylation is 1. The molecule has 0 saturated carbocycles. The van der Waals surface area contributed by atoms with E-state index < -0.39 is 5.97 Å². The van der Waals surface area contributed by atoms with Crippen molar-refractivity contribution in [3.05, 3.63) is 44.7 Å². The van der Waals surface area contributed by atoms with Crippen LogP contribution in [0.25, 0.3) is 11.7 Å². The Bertz CT molecular complexity index is 1280. The van der Waals surface area contributed by atoms with Crippen LogP contribution in [0.1, 0.15) is 50.7 Å². The second-order valence-corrected chi connectivity index (χ2v) is 10.9. The Morgan fingerprint density at radius 3 is 2.67 bits per heavy atom. The lowest BCUT2D eigenvalue weighted by Crippen LogP contribution is -2.46. The van der Waals surface area contributed by atoms with Gasteiger partial charge >= 0.3 is 5.97 Å². The summed E-state index contributed by atoms with van der Waals surface area (Å²) >= 11 is 6.63. The van der Waals surface area contributed by atoms with Crippen LogP contribution < -0.4 is 10.5 Å². The van der Waals surface area contributed by atoms with Gasteiger partial charge < -0.3 is 14.7 Å². The zero-order chi connectivity index (χ0) is 26.0. The number of morpholine rings is 1. The van der Waals surface area contributed by atoms with Crippen molar-refractivity contribution >= 4 is 57.7 Å². The first-order chi connectivity index (χ1) is 17.2. The maximum atomic E-state index is 13.7. The second-order valence-electron chi connectivity index (χ2n) is 9.24. The number of ether oxygens (including phenoxy) is 1. The van der Waals surface area contributed by atoms with Crippen LogP contribution in [0.4, 0.5) is 5.82 Å². The molecule has 2 fully saturated rings. The molecule has 2 saturated heterocycles. The minimum Gasteiger partial charge on any atom is -0.481 e. The number of nitrogens with zero attached hydrogens (tertiary/aromatic N) is 4. The Labute approximate surface area is 219 Å². The highest BCUT2D eigenvalue weighted by atomic mass is 32.2. The Kier molecular flexibility index (Phi) is 8.11. The third kappa shape index (κ3) is 5.63. The SMILES string of the molecule is Cc1cccn2c(=O)c(/C=C3\SC(=S)N(CCCCCC(=O)O)C3=O)c(N3C[C@@H](C)O[C@@H](C)C3)nc12. The first kappa shape index (κ1) is 26.3. The Morgan fingerprint density at radius 2 is 1.97 bits per heavy atom. The molecular formula is C25H30N4O5S2. The summed E-state index contributed by atoms with van der Waals surface area (Å²) in [6.07, 6.45) is 5.25. The number of rotatable bonds is 8. The van der Waals surface area contributed by atoms with E-state index in [1.54, 1.807) is 18.3 Å². The summed E-state index contributed by atoms with van der Waals surface area (Å²) in [6.45, 7) is 7.47. The Morgan fingerprint density at radius 1 is 1.25 bits per heavy atom. The lowest BCUT2D eigenvalue weighted by atomic mass is 10.1. The zero-order valence-electron chi connectivity index (χ0n) is 20.6. The molecule has 0 aromatic carbocycles. The minimum absolute atomic E-state index is 0.0296. The fraction of sp³-hybridized carbons (Fsp3) is 0.480. The predicted molar refractivity (Wildman–Crippen MR) is 144 cm³/mol. The molecule has 2 atom stereocenters. The number of carbonyl (C=O) groups is 2. The molecule has 4 heterocycles. The Balaban J connectivity index is 1.68. The number of anilines is 1. The number of hydrogen-bond acceptors (Lipinski definition) is 8. The average Bonchev–Trinajstić information content (AvgIpc) is 3.07. The molecule has 192 valence electrons. The van der Waals surface area contributed by atoms with Crippen molar-refractivity contribution in [1.82, 2.24) is 14.3 Å². The summed E-state index contributed by atoms with van der Waals surface area (Å²) in [7, 11) is 0. The fourth-order valence-corrected chi connectivity index (χ4v) is 5.86. The van der Waals surface area contributed by atoms with Crippen LogP contribution >= 0.6 is 24.0 Å². The smallest absolute Gasteiger partial charge is 0.303 e. The van der Waals surface area contributed by atoms with Gasteiger partial charge in [-0.3, -0.25) is 23.7 Å². The van der Waals surface area contributed by atoms with Gasteiger partial charge in [0.15, 0.2) is 0 Å². The van der Waals surface area contributed by atoms with E-state index in [1.165, 1.54) is 21.1 Å². The molecule has 36 heavy (non-hydrogen) atoms. The van der Waals surface area contributed by atoms with Crippen molar-refractivity contribution in [2.24, 2.45) is 0 Å². The van der Waals surface area contributed by atoms with Gasteiger partial charge in [0.05, 0.1) is 22.7 Å². The molecular weight excluding hydrogens is 500 g/mol. The van der Waals surface area contributed by atoms with Crippen LogP contribution in [-0.4, -0.2) is 67.4 Å². The molecule has 2 aromatic heterocycles. The normalized spacial score (nSPS) is 21.7. The van der Waals surface area contributed by atoms with Crippen LogP contribution in [0, 0.1) is 6.92 Å². The highest BCUT2D eigenvalue weighted by Gasteiger charge is 2.33. The largest absolute Gasteiger partial charge is 0.481 e. The van der Waals surface area contributed by atoms with E-state index in [1.807, 2.05) is 26.8 Å². The molecule has 9 nitrogen and oxygen atoms in total. The summed E-state index contributed by atoms with van der Waals surface area (Å²) in [4.78, 5) is 46.4. The van der Waals surface area contributed by atoms with Crippen molar-refractivity contribution in [3.8, 4) is 0 Å². The van der Waals surface area contributed by atoms with Crippen molar-refractivity contribution in [2.75, 3.05) is 24.5 Å². The third-order valence-corrected chi connectivity index (χ3v) is 7.58. The number of thioether (sulfide) groups is 1. The maximum absolute atomic E-state index is 13.7. The van der Waals surface area contributed by atoms with Gasteiger partial charge in [-0.25, -0.2) is 4.98 Å². The van der Waals surface area contributed by atoms with E-state index >= 15 is 0 Å². The number of thiocarbonyl (C=S) groups is 1. The number of carboxylic acid groups (broad SMARTS) is 1. The summed E-state index contributed by atoms with van der Waals surface area (Å²) in [6, 6.07) is 3.72. The van der Waals surface area contributed by atoms with Gasteiger partial charge in [0.1, 0.15) is 15.8 Å². The van der Waals surface area contributed by atoms with E-state index in [9.17, 15) is 14.4 Å². The molecule has 11 heteroatoms. The second kappa shape index (κ2) is 11.1. The van der Waals surface area contributed by atoms with Gasteiger partial charge in [0.25, 0.3) is 11.5 Å². The molecule has 1 amide bonds. The number of fused-ring (bicyclic) bond motifs is 1. The summed E-state index contributed by atoms with van der Waals surface area (Å²) in [5.41, 5.74) is 1.56. The Hall–Kier alpha value is -2.76. The quantitative estimate of drug-likeness (QED) is 0.312. The van der Waals surface area contributed by atoms with Crippen molar-refractivity contribution in [1.29, 1.82) is 0 Å². The number of pyridine rings is 1. The molecule has 0 aliphatic carbocycles. The number of hydrogen-bond donors (Lipinski definition) is 1. The number of unbranched alkanes of at least 4 members (excludes halogenated alkanes) is 2. The standard InChI is InChI=1S/C25H30N4O5S2/c1-15-8-7-11-28-21(15)26-22(27-13-16(2)34-17(3)14-27)18(23(28)32)12-19-24(33)29(25(35)36-19)10-6-4-5-9-20(30)31/h7-8,11-12,16-17H,4-6,9-10,13-14H2,1-3H3,(H,30,31)/b19-12-/t16-,17+. The first-order valence-corrected chi connectivity index (χ1v) is 13.3. The van der Waals surface area contributed by atoms with Crippen LogP contribution in [0.5, 0.6) is 0 Å². The van der Waals surface area contributed by atoms with E-state index in [2.05, 4.69) is 4.90 Å². The summed E-state index contributed by atoms with van der Waals surface area (Å²) < 4.78 is 7.83. The lowest BCUT2D eigenvalue weighted by molar-refractivity contribution is -0.137. The van der Waals surface area contributed by atoms with E-state index in [0.717, 1.165) is 5.56 Å². The van der Waals surface area contributed by atoms with E-state index in [-0.39, 0.29) is 30.1 Å². The van der Waals surface area contributed by atoms with Crippen LogP contribution in [-0.2, 0) is 14.3 Å². The van der Waals surface area contributed by atoms with Gasteiger partial charge in [-0.15, -0.1) is 0 Å². The highest BCUT2D eigenvalue weighted by molar-refractivity contribution is 8.26. The predicted octanol–water partition coefficient (Wildman–Crippen LogP) is 3.46. The molecule has 1 N–H and O–H groups in total. The van der Waals surface area contributed by atoms with Gasteiger partial charge in [-0.1, -0.05) is 36.5 Å². The zero-order valence-corrected chi connectivity index (χ0v) is 22.2. The van der Waals surface area contributed by atoms with Crippen molar-refractivity contribution < 1.29 is 19.4 Å². The third-order valence-electron chi connectivity index (χ3n) is 6.20. The van der Waals surface area contributed by atoms with E-state index in [4.69, 9.17) is 27.0 Å². The molecule has 2 aliphatic rings. The van der Waals surface area contributed by atoms with Gasteiger partial charge in [-0.05, 0) is 51.3 Å². The number of carboxylic acids is 1. The van der Waals surface area contributed by atoms with Crippen molar-refractivity contribution in [2.45, 2.75) is 58.7 Å². The van der Waals surface area contributed by atoms with Crippen LogP contribution in [0.3, 0.4) is 0 Å². The van der Waals surface area contributed by atoms with Crippen molar-refractivity contribution in [3.63, 3.8) is 0 Å². The molecule has 0 unspecified atom stereocenters. The van der Waals surface area contributed by atoms with Gasteiger partial charge in [-0.2, -0.15) is 0 Å². The van der Waals surface area contributed by atoms with Gasteiger partial charge in [0.2, 0.25) is 0 Å². The maximum Gasteiger partial charge on any atom is 0.303 e. The number of carbonyl (C=O) groups excluding carboxylic acids is 1. The summed E-state index contributed by atoms with van der Waals surface area (Å²) in [5.74, 6) is -0.532. The summed E-state index contributed by atoms with van der Waals surface area (Å²) in [5, 5.41) is 8.79. The average molecular weight is 531 g/mol. The molecule has 2 aromatic rings. The molecule has 2 aliphatic heterocycles. The topological polar surface area (TPSA) is 104 Å². The highest BCUT2D eigenvalue weighted by Crippen LogP contribution is 2.34. The van der Waals surface area contributed by atoms with E-state index in [0.29, 0.717) is 65.2 Å². The van der Waals surface area contributed by atoms with Crippen LogP contribution in [0.2, 0.25) is 0 Å². The number of aliphatic carboxylic acids is 1. The minimum atomic E-state index is -0.825.